The maximum atomic E-state index is 13.9. The molecule has 1 fully saturated rings. The number of nitrogens with zero attached hydrogens (tertiary/aromatic N) is 2. The molecule has 2 heterocycles. The molecule has 1 aromatic heterocycles. The lowest BCUT2D eigenvalue weighted by atomic mass is 9.89. The number of pyridine rings is 1. The Balaban J connectivity index is 1.22. The number of rotatable bonds is 13. The summed E-state index contributed by atoms with van der Waals surface area (Å²) in [6.45, 7) is 15.8. The highest BCUT2D eigenvalue weighted by Crippen LogP contribution is 2.29. The molecule has 2 aromatic carbocycles. The maximum absolute atomic E-state index is 13.9. The zero-order chi connectivity index (χ0) is 29.4. The van der Waals surface area contributed by atoms with Crippen LogP contribution in [0.1, 0.15) is 107 Å². The van der Waals surface area contributed by atoms with Crippen LogP contribution in [0.2, 0.25) is 0 Å². The average Bonchev–Trinajstić information content (AvgIpc) is 2.96. The second-order valence-corrected chi connectivity index (χ2v) is 12.5. The van der Waals surface area contributed by atoms with Gasteiger partial charge < -0.3 is 14.4 Å². The van der Waals surface area contributed by atoms with Crippen molar-refractivity contribution >= 4 is 0 Å². The van der Waals surface area contributed by atoms with E-state index in [1.807, 2.05) is 18.3 Å². The number of aromatic nitrogens is 1. The zero-order valence-corrected chi connectivity index (χ0v) is 25.9. The molecule has 3 unspecified atom stereocenters. The van der Waals surface area contributed by atoms with Crippen molar-refractivity contribution in [3.05, 3.63) is 88.9 Å². The van der Waals surface area contributed by atoms with E-state index in [-0.39, 0.29) is 17.8 Å². The molecule has 3 aromatic rings. The summed E-state index contributed by atoms with van der Waals surface area (Å²) < 4.78 is 25.9. The van der Waals surface area contributed by atoms with Gasteiger partial charge in [-0.25, -0.2) is 9.37 Å². The van der Waals surface area contributed by atoms with Crippen molar-refractivity contribution in [3.8, 4) is 11.6 Å². The van der Waals surface area contributed by atoms with Crippen LogP contribution in [0.15, 0.2) is 60.8 Å². The van der Waals surface area contributed by atoms with E-state index < -0.39 is 0 Å². The van der Waals surface area contributed by atoms with Gasteiger partial charge in [0.05, 0.1) is 12.7 Å². The number of benzene rings is 2. The van der Waals surface area contributed by atoms with Crippen LogP contribution in [0.4, 0.5) is 4.39 Å². The van der Waals surface area contributed by atoms with E-state index in [0.29, 0.717) is 30.2 Å². The molecular formula is C36H49FN2O2. The minimum absolute atomic E-state index is 0.144. The topological polar surface area (TPSA) is 34.6 Å². The number of piperidine rings is 1. The molecule has 222 valence electrons. The molecule has 1 aliphatic rings. The minimum Gasteiger partial charge on any atom is -0.493 e. The van der Waals surface area contributed by atoms with E-state index >= 15 is 0 Å². The molecule has 0 saturated carbocycles. The summed E-state index contributed by atoms with van der Waals surface area (Å²) in [7, 11) is 0. The Morgan fingerprint density at radius 3 is 2.34 bits per heavy atom. The van der Waals surface area contributed by atoms with E-state index in [4.69, 9.17) is 9.47 Å². The molecule has 1 saturated heterocycles. The van der Waals surface area contributed by atoms with E-state index in [9.17, 15) is 4.39 Å². The van der Waals surface area contributed by atoms with E-state index in [1.165, 1.54) is 42.1 Å². The van der Waals surface area contributed by atoms with Gasteiger partial charge in [0, 0.05) is 37.3 Å². The molecule has 1 aliphatic heterocycles. The van der Waals surface area contributed by atoms with Gasteiger partial charge >= 0.3 is 0 Å². The predicted octanol–water partition coefficient (Wildman–Crippen LogP) is 8.90. The van der Waals surface area contributed by atoms with Crippen molar-refractivity contribution in [3.63, 3.8) is 0 Å². The molecule has 5 heteroatoms. The Morgan fingerprint density at radius 2 is 1.66 bits per heavy atom. The van der Waals surface area contributed by atoms with Crippen LogP contribution < -0.4 is 9.47 Å². The molecule has 3 atom stereocenters. The highest BCUT2D eigenvalue weighted by molar-refractivity contribution is 5.32. The Kier molecular flexibility index (Phi) is 11.2. The van der Waals surface area contributed by atoms with Gasteiger partial charge in [-0.05, 0) is 98.2 Å². The summed E-state index contributed by atoms with van der Waals surface area (Å²) in [5.74, 6) is 2.41. The molecular weight excluding hydrogens is 511 g/mol. The number of hydrogen-bond donors (Lipinski definition) is 0. The van der Waals surface area contributed by atoms with Gasteiger partial charge in [-0.15, -0.1) is 0 Å². The van der Waals surface area contributed by atoms with Crippen molar-refractivity contribution in [1.82, 2.24) is 9.88 Å². The Bertz CT molecular complexity index is 1210. The van der Waals surface area contributed by atoms with Gasteiger partial charge in [-0.1, -0.05) is 58.0 Å². The number of halogens is 1. The van der Waals surface area contributed by atoms with Crippen molar-refractivity contribution in [1.29, 1.82) is 0 Å². The van der Waals surface area contributed by atoms with Crippen LogP contribution in [0, 0.1) is 5.82 Å². The second-order valence-electron chi connectivity index (χ2n) is 12.5. The van der Waals surface area contributed by atoms with Crippen LogP contribution >= 0.6 is 0 Å². The molecule has 41 heavy (non-hydrogen) atoms. The van der Waals surface area contributed by atoms with Crippen LogP contribution in [-0.2, 0) is 6.42 Å². The molecule has 4 nitrogen and oxygen atoms in total. The van der Waals surface area contributed by atoms with Crippen LogP contribution in [-0.4, -0.2) is 41.7 Å². The summed E-state index contributed by atoms with van der Waals surface area (Å²) in [5.41, 5.74) is 4.87. The SMILES string of the molecule is CC(CCC(C)N1CCCC(c2ccc(CCOc3cc(F)cc(C(C)C)c3)cc2)C1)Oc1ccc(C(C)C)cn1. The number of hydrogen-bond acceptors (Lipinski definition) is 4. The fourth-order valence-corrected chi connectivity index (χ4v) is 5.65. The summed E-state index contributed by atoms with van der Waals surface area (Å²) in [6, 6.07) is 18.7. The van der Waals surface area contributed by atoms with Gasteiger partial charge in [0.25, 0.3) is 0 Å². The largest absolute Gasteiger partial charge is 0.493 e. The third-order valence-corrected chi connectivity index (χ3v) is 8.49. The van der Waals surface area contributed by atoms with E-state index in [1.54, 1.807) is 6.07 Å². The van der Waals surface area contributed by atoms with Gasteiger partial charge in [0.2, 0.25) is 5.88 Å². The highest BCUT2D eigenvalue weighted by atomic mass is 19.1. The third-order valence-electron chi connectivity index (χ3n) is 8.49. The highest BCUT2D eigenvalue weighted by Gasteiger charge is 2.25. The van der Waals surface area contributed by atoms with Crippen LogP contribution in [0.5, 0.6) is 11.6 Å². The first kappa shape index (κ1) is 31.0. The smallest absolute Gasteiger partial charge is 0.213 e. The maximum Gasteiger partial charge on any atom is 0.213 e. The molecule has 0 bridgehead atoms. The normalized spacial score (nSPS) is 17.5. The third kappa shape index (κ3) is 9.29. The Hall–Kier alpha value is -2.92. The Morgan fingerprint density at radius 1 is 0.902 bits per heavy atom. The first-order valence-corrected chi connectivity index (χ1v) is 15.6. The predicted molar refractivity (Wildman–Crippen MR) is 167 cm³/mol. The summed E-state index contributed by atoms with van der Waals surface area (Å²) in [5, 5.41) is 0. The van der Waals surface area contributed by atoms with Crippen molar-refractivity contribution in [2.24, 2.45) is 0 Å². The van der Waals surface area contributed by atoms with Crippen molar-refractivity contribution < 1.29 is 13.9 Å². The minimum atomic E-state index is -0.237. The first-order valence-electron chi connectivity index (χ1n) is 15.6. The summed E-state index contributed by atoms with van der Waals surface area (Å²) in [6.07, 6.45) is 7.47. The van der Waals surface area contributed by atoms with Crippen molar-refractivity contribution in [2.75, 3.05) is 19.7 Å². The fourth-order valence-electron chi connectivity index (χ4n) is 5.65. The second kappa shape index (κ2) is 14.8. The molecule has 0 radical (unpaired) electrons. The molecule has 4 rings (SSSR count). The zero-order valence-electron chi connectivity index (χ0n) is 25.9. The number of ether oxygens (including phenoxy) is 2. The monoisotopic (exact) mass is 560 g/mol. The van der Waals surface area contributed by atoms with Gasteiger partial charge in [-0.2, -0.15) is 0 Å². The van der Waals surface area contributed by atoms with E-state index in [0.717, 1.165) is 37.3 Å². The first-order chi connectivity index (χ1) is 19.7. The van der Waals surface area contributed by atoms with Crippen molar-refractivity contribution in [2.45, 2.75) is 104 Å². The lowest BCUT2D eigenvalue weighted by Crippen LogP contribution is -2.41. The fraction of sp³-hybridized carbons (Fsp3) is 0.528. The average molecular weight is 561 g/mol. The summed E-state index contributed by atoms with van der Waals surface area (Å²) in [4.78, 5) is 7.15. The van der Waals surface area contributed by atoms with Crippen LogP contribution in [0.3, 0.4) is 0 Å². The lowest BCUT2D eigenvalue weighted by Gasteiger charge is -2.37. The molecule has 0 aliphatic carbocycles. The lowest BCUT2D eigenvalue weighted by molar-refractivity contribution is 0.130. The molecule has 0 spiro atoms. The standard InChI is InChI=1S/C36H49FN2O2/c1-25(2)31-15-16-36(38-23-31)41-28(6)10-9-27(5)39-18-7-8-32(24-39)30-13-11-29(12-14-30)17-19-40-35-21-33(26(3)4)20-34(37)22-35/h11-16,20-23,25-28,32H,7-10,17-19,24H2,1-6H3. The number of likely N-dealkylation sites (tertiary alicyclic amines) is 1. The van der Waals surface area contributed by atoms with Crippen LogP contribution in [0.25, 0.3) is 0 Å². The Labute approximate surface area is 247 Å². The van der Waals surface area contributed by atoms with Gasteiger partial charge in [-0.3, -0.25) is 0 Å². The van der Waals surface area contributed by atoms with E-state index in [2.05, 4.69) is 81.8 Å². The molecule has 0 N–H and O–H groups in total. The van der Waals surface area contributed by atoms with Gasteiger partial charge in [0.15, 0.2) is 0 Å². The quantitative estimate of drug-likeness (QED) is 0.209. The molecule has 0 amide bonds. The van der Waals surface area contributed by atoms with Gasteiger partial charge in [0.1, 0.15) is 11.6 Å². The summed E-state index contributed by atoms with van der Waals surface area (Å²) >= 11 is 0.